The van der Waals surface area contributed by atoms with E-state index in [9.17, 15) is 9.59 Å². The van der Waals surface area contributed by atoms with Gasteiger partial charge < -0.3 is 14.7 Å². The van der Waals surface area contributed by atoms with Gasteiger partial charge in [-0.25, -0.2) is 4.90 Å². The van der Waals surface area contributed by atoms with Gasteiger partial charge in [-0.3, -0.25) is 9.59 Å². The molecular formula is C27H34N4O2. The Hall–Kier alpha value is -3.12. The molecule has 0 N–H and O–H groups in total. The molecule has 0 spiro atoms. The number of hydrogen-bond acceptors (Lipinski definition) is 5. The van der Waals surface area contributed by atoms with Crippen LogP contribution in [0.25, 0.3) is 5.57 Å². The highest BCUT2D eigenvalue weighted by Crippen LogP contribution is 2.36. The van der Waals surface area contributed by atoms with E-state index in [1.54, 1.807) is 0 Å². The number of carbonyl (C=O) groups excluding carboxylic acids is 2. The van der Waals surface area contributed by atoms with E-state index in [0.717, 1.165) is 56.1 Å². The number of carbonyl (C=O) groups is 2. The lowest BCUT2D eigenvalue weighted by atomic mass is 9.99. The van der Waals surface area contributed by atoms with Crippen LogP contribution in [0.4, 0.5) is 11.4 Å². The summed E-state index contributed by atoms with van der Waals surface area (Å²) < 4.78 is 0. The molecule has 0 radical (unpaired) electrons. The van der Waals surface area contributed by atoms with Gasteiger partial charge in [0.1, 0.15) is 5.70 Å². The highest BCUT2D eigenvalue weighted by Gasteiger charge is 2.43. The van der Waals surface area contributed by atoms with E-state index >= 15 is 0 Å². The van der Waals surface area contributed by atoms with Crippen LogP contribution >= 0.6 is 0 Å². The van der Waals surface area contributed by atoms with Crippen LogP contribution in [0.5, 0.6) is 0 Å². The van der Waals surface area contributed by atoms with Gasteiger partial charge in [-0.15, -0.1) is 0 Å². The summed E-state index contributed by atoms with van der Waals surface area (Å²) in [5.74, 6) is -0.471. The van der Waals surface area contributed by atoms with Crippen molar-refractivity contribution < 1.29 is 9.59 Å². The van der Waals surface area contributed by atoms with Gasteiger partial charge in [0.05, 0.1) is 11.3 Å². The molecule has 6 heteroatoms. The fraction of sp³-hybridized carbons (Fsp3) is 0.407. The van der Waals surface area contributed by atoms with Crippen molar-refractivity contribution in [2.75, 3.05) is 56.1 Å². The fourth-order valence-corrected chi connectivity index (χ4v) is 4.63. The molecule has 1 saturated heterocycles. The summed E-state index contributed by atoms with van der Waals surface area (Å²) in [5, 5.41) is 0. The maximum absolute atomic E-state index is 13.8. The van der Waals surface area contributed by atoms with E-state index in [0.29, 0.717) is 17.0 Å². The van der Waals surface area contributed by atoms with Crippen molar-refractivity contribution in [1.82, 2.24) is 9.80 Å². The summed E-state index contributed by atoms with van der Waals surface area (Å²) >= 11 is 0. The first-order valence-corrected chi connectivity index (χ1v) is 11.8. The molecule has 0 aromatic heterocycles. The maximum Gasteiger partial charge on any atom is 0.282 e. The van der Waals surface area contributed by atoms with Crippen molar-refractivity contribution >= 4 is 28.8 Å². The first-order chi connectivity index (χ1) is 15.8. The molecule has 6 nitrogen and oxygen atoms in total. The molecule has 0 unspecified atom stereocenters. The molecule has 2 aliphatic rings. The number of likely N-dealkylation sites (N-methyl/N-ethyl adjacent to an activating group) is 1. The van der Waals surface area contributed by atoms with E-state index in [2.05, 4.69) is 42.5 Å². The van der Waals surface area contributed by atoms with Crippen LogP contribution in [0.15, 0.2) is 48.2 Å². The Balaban J connectivity index is 1.75. The molecule has 2 aliphatic heterocycles. The van der Waals surface area contributed by atoms with Gasteiger partial charge in [0.15, 0.2) is 0 Å². The molecule has 0 bridgehead atoms. The monoisotopic (exact) mass is 446 g/mol. The zero-order valence-electron chi connectivity index (χ0n) is 20.4. The lowest BCUT2D eigenvalue weighted by molar-refractivity contribution is -0.120. The Kier molecular flexibility index (Phi) is 6.56. The van der Waals surface area contributed by atoms with Gasteiger partial charge in [0, 0.05) is 45.0 Å². The molecule has 0 saturated carbocycles. The van der Waals surface area contributed by atoms with Crippen LogP contribution in [0.3, 0.4) is 0 Å². The highest BCUT2D eigenvalue weighted by atomic mass is 16.2. The van der Waals surface area contributed by atoms with Crippen molar-refractivity contribution in [3.8, 4) is 0 Å². The SMILES string of the molecule is CCN(CC)c1ccc(N2C(=O)C(c3ccc(C)c(C)c3)=C(N3CCN(C)CC3)C2=O)cc1. The predicted octanol–water partition coefficient (Wildman–Crippen LogP) is 3.68. The normalized spacial score (nSPS) is 17.4. The first kappa shape index (κ1) is 23.1. The van der Waals surface area contributed by atoms with Gasteiger partial charge in [-0.2, -0.15) is 0 Å². The summed E-state index contributed by atoms with van der Waals surface area (Å²) in [4.78, 5) is 35.4. The molecule has 2 amide bonds. The molecule has 0 aliphatic carbocycles. The number of amides is 2. The standard InChI is InChI=1S/C27H34N4O2/c1-6-29(7-2)22-10-12-23(13-11-22)31-26(32)24(21-9-8-19(3)20(4)18-21)25(27(31)33)30-16-14-28(5)15-17-30/h8-13,18H,6-7,14-17H2,1-5H3. The number of imide groups is 1. The van der Waals surface area contributed by atoms with Crippen molar-refractivity contribution in [1.29, 1.82) is 0 Å². The van der Waals surface area contributed by atoms with E-state index in [1.165, 1.54) is 10.5 Å². The van der Waals surface area contributed by atoms with Crippen molar-refractivity contribution in [3.63, 3.8) is 0 Å². The molecule has 174 valence electrons. The topological polar surface area (TPSA) is 47.1 Å². The number of piperazine rings is 1. The minimum Gasteiger partial charge on any atom is -0.372 e. The van der Waals surface area contributed by atoms with Crippen molar-refractivity contribution in [3.05, 3.63) is 64.9 Å². The number of nitrogens with zero attached hydrogens (tertiary/aromatic N) is 4. The summed E-state index contributed by atoms with van der Waals surface area (Å²) in [7, 11) is 2.08. The van der Waals surface area contributed by atoms with Crippen LogP contribution in [0, 0.1) is 13.8 Å². The molecule has 2 aromatic rings. The molecule has 1 fully saturated rings. The van der Waals surface area contributed by atoms with Crippen LogP contribution in [0.1, 0.15) is 30.5 Å². The average Bonchev–Trinajstić information content (AvgIpc) is 3.07. The highest BCUT2D eigenvalue weighted by molar-refractivity contribution is 6.45. The Labute approximate surface area is 197 Å². The summed E-state index contributed by atoms with van der Waals surface area (Å²) in [6.45, 7) is 13.3. The molecule has 2 heterocycles. The van der Waals surface area contributed by atoms with Gasteiger partial charge in [-0.1, -0.05) is 18.2 Å². The third kappa shape index (κ3) is 4.27. The number of rotatable bonds is 6. The Morgan fingerprint density at radius 1 is 0.818 bits per heavy atom. The zero-order chi connectivity index (χ0) is 23.7. The second-order valence-corrected chi connectivity index (χ2v) is 8.95. The molecule has 33 heavy (non-hydrogen) atoms. The third-order valence-electron chi connectivity index (χ3n) is 6.91. The molecule has 0 atom stereocenters. The summed E-state index contributed by atoms with van der Waals surface area (Å²) in [5.41, 5.74) is 5.84. The second kappa shape index (κ2) is 9.40. The maximum atomic E-state index is 13.8. The first-order valence-electron chi connectivity index (χ1n) is 11.8. The fourth-order valence-electron chi connectivity index (χ4n) is 4.63. The minimum atomic E-state index is -0.243. The minimum absolute atomic E-state index is 0.228. The Morgan fingerprint density at radius 2 is 1.45 bits per heavy atom. The number of benzene rings is 2. The lowest BCUT2D eigenvalue weighted by Crippen LogP contribution is -2.46. The van der Waals surface area contributed by atoms with Gasteiger partial charge in [-0.05, 0) is 75.7 Å². The Bertz CT molecular complexity index is 1080. The lowest BCUT2D eigenvalue weighted by Gasteiger charge is -2.34. The van der Waals surface area contributed by atoms with Crippen LogP contribution in [0.2, 0.25) is 0 Å². The van der Waals surface area contributed by atoms with E-state index in [4.69, 9.17) is 0 Å². The average molecular weight is 447 g/mol. The van der Waals surface area contributed by atoms with Crippen molar-refractivity contribution in [2.24, 2.45) is 0 Å². The zero-order valence-corrected chi connectivity index (χ0v) is 20.4. The number of aryl methyl sites for hydroxylation is 2. The summed E-state index contributed by atoms with van der Waals surface area (Å²) in [6.07, 6.45) is 0. The van der Waals surface area contributed by atoms with Gasteiger partial charge in [0.25, 0.3) is 11.8 Å². The Morgan fingerprint density at radius 3 is 2.03 bits per heavy atom. The summed E-state index contributed by atoms with van der Waals surface area (Å²) in [6, 6.07) is 13.8. The van der Waals surface area contributed by atoms with E-state index in [-0.39, 0.29) is 11.8 Å². The van der Waals surface area contributed by atoms with Crippen molar-refractivity contribution in [2.45, 2.75) is 27.7 Å². The number of anilines is 2. The largest absolute Gasteiger partial charge is 0.372 e. The van der Waals surface area contributed by atoms with E-state index in [1.807, 2.05) is 49.4 Å². The molecular weight excluding hydrogens is 412 g/mol. The van der Waals surface area contributed by atoms with Crippen LogP contribution in [-0.2, 0) is 9.59 Å². The van der Waals surface area contributed by atoms with Gasteiger partial charge >= 0.3 is 0 Å². The third-order valence-corrected chi connectivity index (χ3v) is 6.91. The van der Waals surface area contributed by atoms with Crippen LogP contribution < -0.4 is 9.80 Å². The van der Waals surface area contributed by atoms with E-state index < -0.39 is 0 Å². The smallest absolute Gasteiger partial charge is 0.282 e. The van der Waals surface area contributed by atoms with Crippen LogP contribution in [-0.4, -0.2) is 67.9 Å². The predicted molar refractivity (Wildman–Crippen MR) is 134 cm³/mol. The second-order valence-electron chi connectivity index (χ2n) is 8.95. The van der Waals surface area contributed by atoms with Gasteiger partial charge in [0.2, 0.25) is 0 Å². The number of hydrogen-bond donors (Lipinski definition) is 0. The molecule has 4 rings (SSSR count). The quantitative estimate of drug-likeness (QED) is 0.634. The molecule has 2 aromatic carbocycles.